The molecular weight excluding hydrogens is 397 g/mol. The summed E-state index contributed by atoms with van der Waals surface area (Å²) < 4.78 is 14.6. The number of phenols is 1. The highest BCUT2D eigenvalue weighted by Gasteiger charge is 2.09. The summed E-state index contributed by atoms with van der Waals surface area (Å²) in [6, 6.07) is 22.8. The fourth-order valence-electron chi connectivity index (χ4n) is 3.99. The maximum atomic E-state index is 14.6. The van der Waals surface area contributed by atoms with E-state index in [2.05, 4.69) is 34.9 Å². The Labute approximate surface area is 190 Å². The molecule has 1 heterocycles. The van der Waals surface area contributed by atoms with Crippen LogP contribution in [-0.4, -0.2) is 29.6 Å². The molecule has 1 aliphatic heterocycles. The lowest BCUT2D eigenvalue weighted by molar-refractivity contribution is 0.383. The summed E-state index contributed by atoms with van der Waals surface area (Å²) in [5, 5.41) is 9.56. The Balaban J connectivity index is 1.48. The van der Waals surface area contributed by atoms with Crippen molar-refractivity contribution in [2.45, 2.75) is 25.7 Å². The van der Waals surface area contributed by atoms with Gasteiger partial charge in [-0.3, -0.25) is 4.90 Å². The van der Waals surface area contributed by atoms with E-state index in [0.29, 0.717) is 18.5 Å². The van der Waals surface area contributed by atoms with Crippen LogP contribution in [0, 0.1) is 17.7 Å². The van der Waals surface area contributed by atoms with E-state index in [1.54, 1.807) is 24.3 Å². The normalized spacial score (nSPS) is 14.2. The first-order chi connectivity index (χ1) is 15.7. The van der Waals surface area contributed by atoms with E-state index in [9.17, 15) is 9.50 Å². The molecule has 3 heteroatoms. The van der Waals surface area contributed by atoms with Crippen LogP contribution in [0.3, 0.4) is 0 Å². The molecule has 3 aromatic carbocycles. The number of phenolic OH excluding ortho intramolecular Hbond substituents is 1. The van der Waals surface area contributed by atoms with Gasteiger partial charge < -0.3 is 5.11 Å². The molecule has 1 fully saturated rings. The number of aromatic hydroxyl groups is 1. The summed E-state index contributed by atoms with van der Waals surface area (Å²) in [5.41, 5.74) is 4.82. The van der Waals surface area contributed by atoms with Gasteiger partial charge in [-0.25, -0.2) is 4.39 Å². The van der Waals surface area contributed by atoms with E-state index in [0.717, 1.165) is 36.2 Å². The molecule has 4 rings (SSSR count). The number of benzene rings is 3. The quantitative estimate of drug-likeness (QED) is 0.501. The zero-order valence-electron chi connectivity index (χ0n) is 18.2. The van der Waals surface area contributed by atoms with Crippen molar-refractivity contribution in [1.29, 1.82) is 0 Å². The molecule has 32 heavy (non-hydrogen) atoms. The minimum absolute atomic E-state index is 0.260. The van der Waals surface area contributed by atoms with Crippen LogP contribution in [0.4, 0.5) is 4.39 Å². The fourth-order valence-corrected chi connectivity index (χ4v) is 3.99. The summed E-state index contributed by atoms with van der Waals surface area (Å²) in [4.78, 5) is 2.31. The van der Waals surface area contributed by atoms with Crippen LogP contribution in [0.15, 0.2) is 78.9 Å². The van der Waals surface area contributed by atoms with Crippen molar-refractivity contribution in [3.05, 3.63) is 107 Å². The average molecular weight is 426 g/mol. The summed E-state index contributed by atoms with van der Waals surface area (Å²) in [5.74, 6) is 6.11. The van der Waals surface area contributed by atoms with Crippen LogP contribution in [-0.2, 0) is 12.8 Å². The van der Waals surface area contributed by atoms with Crippen LogP contribution < -0.4 is 0 Å². The van der Waals surface area contributed by atoms with Crippen LogP contribution >= 0.6 is 0 Å². The molecule has 0 amide bonds. The molecule has 0 aromatic heterocycles. The second kappa shape index (κ2) is 10.8. The Kier molecular flexibility index (Phi) is 7.38. The second-order valence-corrected chi connectivity index (χ2v) is 8.24. The number of likely N-dealkylation sites (tertiary alicyclic amines) is 1. The predicted octanol–water partition coefficient (Wildman–Crippen LogP) is 5.85. The van der Waals surface area contributed by atoms with Gasteiger partial charge in [0.2, 0.25) is 0 Å². The Morgan fingerprint density at radius 1 is 0.938 bits per heavy atom. The molecule has 1 saturated heterocycles. The number of allylic oxidation sites excluding steroid dienone is 2. The Morgan fingerprint density at radius 3 is 2.38 bits per heavy atom. The number of hydrogen-bond donors (Lipinski definition) is 1. The predicted molar refractivity (Wildman–Crippen MR) is 129 cm³/mol. The van der Waals surface area contributed by atoms with Crippen molar-refractivity contribution in [3.63, 3.8) is 0 Å². The van der Waals surface area contributed by atoms with Gasteiger partial charge in [0.25, 0.3) is 0 Å². The summed E-state index contributed by atoms with van der Waals surface area (Å²) >= 11 is 0. The summed E-state index contributed by atoms with van der Waals surface area (Å²) in [6.45, 7) is 2.90. The standard InChI is InChI=1S/C29H28FNO/c30-29-22-24(10-14-26(29)9-6-20-31-18-4-5-19-31)11-15-27(25-7-2-1-3-8-25)21-23-12-16-28(32)17-13-23/h1-3,7-8,10,12-17,22,32H,4-5,11,18-21H2. The van der Waals surface area contributed by atoms with Gasteiger partial charge in [0.15, 0.2) is 0 Å². The first-order valence-electron chi connectivity index (χ1n) is 11.2. The van der Waals surface area contributed by atoms with Gasteiger partial charge in [-0.1, -0.05) is 66.4 Å². The molecule has 162 valence electrons. The van der Waals surface area contributed by atoms with Gasteiger partial charge >= 0.3 is 0 Å². The van der Waals surface area contributed by atoms with Crippen molar-refractivity contribution in [2.75, 3.05) is 19.6 Å². The highest BCUT2D eigenvalue weighted by molar-refractivity contribution is 5.68. The van der Waals surface area contributed by atoms with Gasteiger partial charge in [0.1, 0.15) is 11.6 Å². The van der Waals surface area contributed by atoms with Crippen LogP contribution in [0.25, 0.3) is 5.57 Å². The summed E-state index contributed by atoms with van der Waals surface area (Å²) in [7, 11) is 0. The van der Waals surface area contributed by atoms with Gasteiger partial charge in [0, 0.05) is 0 Å². The third-order valence-electron chi connectivity index (χ3n) is 5.82. The fraction of sp³-hybridized carbons (Fsp3) is 0.241. The van der Waals surface area contributed by atoms with Crippen molar-refractivity contribution in [2.24, 2.45) is 0 Å². The highest BCUT2D eigenvalue weighted by atomic mass is 19.1. The highest BCUT2D eigenvalue weighted by Crippen LogP contribution is 2.22. The Morgan fingerprint density at radius 2 is 1.66 bits per heavy atom. The average Bonchev–Trinajstić information content (AvgIpc) is 3.33. The third-order valence-corrected chi connectivity index (χ3v) is 5.82. The van der Waals surface area contributed by atoms with Gasteiger partial charge in [-0.05, 0) is 85.3 Å². The number of halogens is 1. The molecule has 0 bridgehead atoms. The van der Waals surface area contributed by atoms with E-state index in [1.165, 1.54) is 18.4 Å². The van der Waals surface area contributed by atoms with Crippen LogP contribution in [0.5, 0.6) is 5.75 Å². The van der Waals surface area contributed by atoms with E-state index in [-0.39, 0.29) is 11.6 Å². The van der Waals surface area contributed by atoms with E-state index >= 15 is 0 Å². The number of nitrogens with zero attached hydrogens (tertiary/aromatic N) is 1. The van der Waals surface area contributed by atoms with Crippen molar-refractivity contribution < 1.29 is 9.50 Å². The van der Waals surface area contributed by atoms with Crippen molar-refractivity contribution in [1.82, 2.24) is 4.90 Å². The molecule has 0 aliphatic carbocycles. The topological polar surface area (TPSA) is 23.5 Å². The van der Waals surface area contributed by atoms with Crippen molar-refractivity contribution >= 4 is 5.57 Å². The number of hydrogen-bond acceptors (Lipinski definition) is 2. The molecule has 1 N–H and O–H groups in total. The molecule has 0 radical (unpaired) electrons. The SMILES string of the molecule is Oc1ccc(CC(=CCc2ccc(C#CCN3CCCC3)c(F)c2)c2ccccc2)cc1. The molecule has 0 atom stereocenters. The lowest BCUT2D eigenvalue weighted by atomic mass is 9.96. The monoisotopic (exact) mass is 425 g/mol. The molecule has 1 aliphatic rings. The van der Waals surface area contributed by atoms with Gasteiger partial charge in [-0.2, -0.15) is 0 Å². The van der Waals surface area contributed by atoms with Gasteiger partial charge in [-0.15, -0.1) is 0 Å². The van der Waals surface area contributed by atoms with E-state index in [4.69, 9.17) is 0 Å². The molecule has 2 nitrogen and oxygen atoms in total. The first kappa shape index (κ1) is 21.9. The molecule has 0 saturated carbocycles. The van der Waals surface area contributed by atoms with E-state index < -0.39 is 0 Å². The zero-order chi connectivity index (χ0) is 22.2. The lowest BCUT2D eigenvalue weighted by Crippen LogP contribution is -2.18. The molecular formula is C29H28FNO. The van der Waals surface area contributed by atoms with Crippen molar-refractivity contribution in [3.8, 4) is 17.6 Å². The largest absolute Gasteiger partial charge is 0.508 e. The van der Waals surface area contributed by atoms with Crippen LogP contribution in [0.1, 0.15) is 35.1 Å². The maximum Gasteiger partial charge on any atom is 0.139 e. The molecule has 0 unspecified atom stereocenters. The maximum absolute atomic E-state index is 14.6. The number of rotatable bonds is 6. The van der Waals surface area contributed by atoms with Crippen LogP contribution in [0.2, 0.25) is 0 Å². The summed E-state index contributed by atoms with van der Waals surface area (Å²) in [6.07, 6.45) is 6.01. The third kappa shape index (κ3) is 6.09. The first-order valence-corrected chi connectivity index (χ1v) is 11.2. The Hall–Kier alpha value is -3.35. The smallest absolute Gasteiger partial charge is 0.139 e. The lowest BCUT2D eigenvalue weighted by Gasteiger charge is -2.10. The minimum atomic E-state index is -0.260. The van der Waals surface area contributed by atoms with E-state index in [1.807, 2.05) is 36.4 Å². The molecule has 3 aromatic rings. The Bertz CT molecular complexity index is 1120. The minimum Gasteiger partial charge on any atom is -0.508 e. The molecule has 0 spiro atoms. The second-order valence-electron chi connectivity index (χ2n) is 8.24. The zero-order valence-corrected chi connectivity index (χ0v) is 18.2. The van der Waals surface area contributed by atoms with Gasteiger partial charge in [0.05, 0.1) is 12.1 Å².